The van der Waals surface area contributed by atoms with Crippen molar-refractivity contribution in [2.75, 3.05) is 26.8 Å². The Morgan fingerprint density at radius 2 is 1.76 bits per heavy atom. The average Bonchev–Trinajstić information content (AvgIpc) is 2.80. The van der Waals surface area contributed by atoms with Crippen LogP contribution in [0.4, 0.5) is 0 Å². The zero-order chi connectivity index (χ0) is 24.9. The fourth-order valence-corrected chi connectivity index (χ4v) is 6.08. The predicted molar refractivity (Wildman–Crippen MR) is 127 cm³/mol. The maximum Gasteiger partial charge on any atom is 0.309 e. The number of hydrogen-bond donors (Lipinski definition) is 2. The van der Waals surface area contributed by atoms with Crippen molar-refractivity contribution < 1.29 is 27.5 Å². The van der Waals surface area contributed by atoms with Crippen molar-refractivity contribution in [3.63, 3.8) is 0 Å². The average molecular weight is 490 g/mol. The molecule has 0 aliphatic carbocycles. The smallest absolute Gasteiger partial charge is 0.309 e. The van der Waals surface area contributed by atoms with Gasteiger partial charge in [-0.25, -0.2) is 8.42 Å². The van der Waals surface area contributed by atoms with E-state index in [1.54, 1.807) is 45.2 Å². The molecule has 1 fully saturated rings. The molecule has 1 unspecified atom stereocenters. The van der Waals surface area contributed by atoms with Crippen LogP contribution in [0.3, 0.4) is 0 Å². The highest BCUT2D eigenvalue weighted by molar-refractivity contribution is 7.89. The minimum atomic E-state index is -3.87. The van der Waals surface area contributed by atoms with Crippen molar-refractivity contribution in [3.8, 4) is 5.75 Å². The molecule has 1 aliphatic rings. The lowest BCUT2D eigenvalue weighted by Gasteiger charge is -2.35. The number of rotatable bonds is 7. The number of carbonyl (C=O) groups is 2. The molecule has 1 atom stereocenters. The number of amides is 2. The summed E-state index contributed by atoms with van der Waals surface area (Å²) in [5, 5.41) is 5.04. The molecule has 2 N–H and O–H groups in total. The zero-order valence-corrected chi connectivity index (χ0v) is 20.7. The van der Waals surface area contributed by atoms with E-state index >= 15 is 0 Å². The number of benzene rings is 2. The summed E-state index contributed by atoms with van der Waals surface area (Å²) >= 11 is 0. The topological polar surface area (TPSA) is 114 Å². The van der Waals surface area contributed by atoms with Crippen LogP contribution in [0, 0.1) is 20.8 Å². The van der Waals surface area contributed by atoms with Gasteiger partial charge in [-0.2, -0.15) is 4.31 Å². The first kappa shape index (κ1) is 25.7. The summed E-state index contributed by atoms with van der Waals surface area (Å²) in [6, 6.07) is 10.8. The maximum absolute atomic E-state index is 13.5. The monoisotopic (exact) mass is 489 g/mol. The third-order valence-electron chi connectivity index (χ3n) is 5.56. The normalized spacial score (nSPS) is 16.6. The molecule has 0 spiro atoms. The molecule has 0 saturated carbocycles. The number of sulfonamides is 1. The van der Waals surface area contributed by atoms with Crippen molar-refractivity contribution >= 4 is 21.8 Å². The summed E-state index contributed by atoms with van der Waals surface area (Å²) in [5.41, 5.74) is 3.07. The van der Waals surface area contributed by atoms with E-state index in [9.17, 15) is 18.0 Å². The zero-order valence-electron chi connectivity index (χ0n) is 19.9. The van der Waals surface area contributed by atoms with Crippen LogP contribution in [0.25, 0.3) is 0 Å². The van der Waals surface area contributed by atoms with E-state index in [0.717, 1.165) is 11.1 Å². The highest BCUT2D eigenvalue weighted by Crippen LogP contribution is 2.28. The van der Waals surface area contributed by atoms with Crippen LogP contribution in [-0.2, 0) is 30.9 Å². The Kier molecular flexibility index (Phi) is 8.29. The third-order valence-corrected chi connectivity index (χ3v) is 7.75. The largest absolute Gasteiger partial charge is 0.497 e. The Hall–Kier alpha value is -2.95. The Balaban J connectivity index is 1.64. The lowest BCUT2D eigenvalue weighted by atomic mass is 10.1. The van der Waals surface area contributed by atoms with Gasteiger partial charge in [0.15, 0.2) is 0 Å². The summed E-state index contributed by atoms with van der Waals surface area (Å²) in [4.78, 5) is 24.8. The van der Waals surface area contributed by atoms with Crippen molar-refractivity contribution in [3.05, 3.63) is 58.7 Å². The van der Waals surface area contributed by atoms with Gasteiger partial charge in [-0.1, -0.05) is 29.8 Å². The molecule has 10 heteroatoms. The van der Waals surface area contributed by atoms with Gasteiger partial charge in [-0.05, 0) is 56.0 Å². The van der Waals surface area contributed by atoms with Gasteiger partial charge in [0.2, 0.25) is 10.0 Å². The second-order valence-electron chi connectivity index (χ2n) is 8.27. The lowest BCUT2D eigenvalue weighted by molar-refractivity contribution is -0.140. The molecular formula is C24H31N3O6S. The van der Waals surface area contributed by atoms with E-state index in [4.69, 9.17) is 9.47 Å². The Bertz CT molecular complexity index is 1140. The van der Waals surface area contributed by atoms with E-state index in [1.165, 1.54) is 4.31 Å². The van der Waals surface area contributed by atoms with Gasteiger partial charge in [0.1, 0.15) is 12.0 Å². The molecule has 9 nitrogen and oxygen atoms in total. The van der Waals surface area contributed by atoms with Gasteiger partial charge in [-0.15, -0.1) is 0 Å². The first-order valence-electron chi connectivity index (χ1n) is 11.0. The summed E-state index contributed by atoms with van der Waals surface area (Å²) in [7, 11) is -2.32. The Labute approximate surface area is 200 Å². The van der Waals surface area contributed by atoms with Crippen LogP contribution in [0.1, 0.15) is 28.7 Å². The number of nitrogens with zero attached hydrogens (tertiary/aromatic N) is 1. The van der Waals surface area contributed by atoms with Crippen LogP contribution >= 0.6 is 0 Å². The predicted octanol–water partition coefficient (Wildman–Crippen LogP) is 1.79. The van der Waals surface area contributed by atoms with Crippen LogP contribution in [0.5, 0.6) is 5.75 Å². The molecule has 0 radical (unpaired) electrons. The summed E-state index contributed by atoms with van der Waals surface area (Å²) in [5.74, 6) is -1.04. The second kappa shape index (κ2) is 11.0. The quantitative estimate of drug-likeness (QED) is 0.574. The second-order valence-corrected chi connectivity index (χ2v) is 10.1. The Morgan fingerprint density at radius 3 is 2.44 bits per heavy atom. The molecule has 1 aliphatic heterocycles. The first-order valence-corrected chi connectivity index (χ1v) is 12.5. The molecule has 0 aromatic heterocycles. The van der Waals surface area contributed by atoms with E-state index in [-0.39, 0.29) is 24.5 Å². The minimum Gasteiger partial charge on any atom is -0.497 e. The molecule has 34 heavy (non-hydrogen) atoms. The van der Waals surface area contributed by atoms with E-state index in [2.05, 4.69) is 10.6 Å². The number of hydrogen-bond acceptors (Lipinski definition) is 6. The maximum atomic E-state index is 13.5. The van der Waals surface area contributed by atoms with Crippen LogP contribution in [0.15, 0.2) is 41.3 Å². The molecule has 3 rings (SSSR count). The van der Waals surface area contributed by atoms with Crippen LogP contribution in [-0.4, -0.2) is 57.6 Å². The number of carbonyl (C=O) groups excluding carboxylic acids is 2. The van der Waals surface area contributed by atoms with Crippen molar-refractivity contribution in [1.82, 2.24) is 14.9 Å². The van der Waals surface area contributed by atoms with Crippen molar-refractivity contribution in [1.29, 1.82) is 0 Å². The van der Waals surface area contributed by atoms with E-state index in [1.807, 2.05) is 19.1 Å². The molecule has 1 saturated heterocycles. The van der Waals surface area contributed by atoms with Crippen molar-refractivity contribution in [2.24, 2.45) is 0 Å². The minimum absolute atomic E-state index is 0.144. The SMILES string of the molecule is COc1cccc(CNC(=O)C(=O)NCC2OCCCN2S(=O)(=O)c2c(C)cc(C)cc2C)c1. The van der Waals surface area contributed by atoms with E-state index < -0.39 is 28.1 Å². The number of nitrogens with one attached hydrogen (secondary N) is 2. The summed E-state index contributed by atoms with van der Waals surface area (Å²) in [6.07, 6.45) is -0.372. The van der Waals surface area contributed by atoms with Crippen molar-refractivity contribution in [2.45, 2.75) is 44.9 Å². The molecule has 2 amide bonds. The fourth-order valence-electron chi connectivity index (χ4n) is 4.10. The van der Waals surface area contributed by atoms with Gasteiger partial charge >= 0.3 is 11.8 Å². The van der Waals surface area contributed by atoms with Crippen LogP contribution in [0.2, 0.25) is 0 Å². The molecular weight excluding hydrogens is 458 g/mol. The fraction of sp³-hybridized carbons (Fsp3) is 0.417. The lowest BCUT2D eigenvalue weighted by Crippen LogP contribution is -2.53. The highest BCUT2D eigenvalue weighted by Gasteiger charge is 2.36. The van der Waals surface area contributed by atoms with Gasteiger partial charge in [0.05, 0.1) is 25.2 Å². The van der Waals surface area contributed by atoms with Gasteiger partial charge < -0.3 is 20.1 Å². The number of ether oxygens (including phenoxy) is 2. The Morgan fingerprint density at radius 1 is 1.09 bits per heavy atom. The molecule has 1 heterocycles. The van der Waals surface area contributed by atoms with Gasteiger partial charge in [-0.3, -0.25) is 9.59 Å². The molecule has 2 aromatic carbocycles. The summed E-state index contributed by atoms with van der Waals surface area (Å²) < 4.78 is 39.0. The third kappa shape index (κ3) is 5.94. The standard InChI is InChI=1S/C24H31N3O6S/c1-16-11-17(2)22(18(3)12-16)34(30,31)27-9-6-10-33-21(27)15-26-24(29)23(28)25-14-19-7-5-8-20(13-19)32-4/h5,7-8,11-13,21H,6,9-10,14-15H2,1-4H3,(H,25,28)(H,26,29). The number of aryl methyl sites for hydroxylation is 3. The van der Waals surface area contributed by atoms with E-state index in [0.29, 0.717) is 29.9 Å². The summed E-state index contributed by atoms with van der Waals surface area (Å²) in [6.45, 7) is 6.07. The van der Waals surface area contributed by atoms with Gasteiger partial charge in [0, 0.05) is 13.1 Å². The van der Waals surface area contributed by atoms with Crippen LogP contribution < -0.4 is 15.4 Å². The van der Waals surface area contributed by atoms with Gasteiger partial charge in [0.25, 0.3) is 0 Å². The molecule has 184 valence electrons. The highest BCUT2D eigenvalue weighted by atomic mass is 32.2. The molecule has 0 bridgehead atoms. The number of methoxy groups -OCH3 is 1. The first-order chi connectivity index (χ1) is 16.1. The molecule has 2 aromatic rings.